The minimum absolute atomic E-state index is 0.258. The minimum atomic E-state index is -0.400. The van der Waals surface area contributed by atoms with Crippen LogP contribution in [-0.2, 0) is 9.47 Å². The fourth-order valence-corrected chi connectivity index (χ4v) is 2.09. The highest BCUT2D eigenvalue weighted by atomic mass is 19.1. The van der Waals surface area contributed by atoms with Crippen LogP contribution in [0.25, 0.3) is 0 Å². The van der Waals surface area contributed by atoms with Crippen molar-refractivity contribution in [3.63, 3.8) is 0 Å². The average molecular weight is 290 g/mol. The van der Waals surface area contributed by atoms with Crippen molar-refractivity contribution in [2.75, 3.05) is 25.6 Å². The van der Waals surface area contributed by atoms with Gasteiger partial charge in [-0.2, -0.15) is 0 Å². The second-order valence-electron chi connectivity index (χ2n) is 4.49. The molecule has 1 saturated heterocycles. The molecule has 0 atom stereocenters. The molecule has 1 aliphatic heterocycles. The molecule has 1 fully saturated rings. The van der Waals surface area contributed by atoms with Crippen molar-refractivity contribution in [3.05, 3.63) is 47.9 Å². The van der Waals surface area contributed by atoms with Gasteiger partial charge in [-0.25, -0.2) is 9.37 Å². The van der Waals surface area contributed by atoms with Gasteiger partial charge in [0.25, 0.3) is 0 Å². The van der Waals surface area contributed by atoms with Crippen LogP contribution in [0, 0.1) is 5.82 Å². The Morgan fingerprint density at radius 1 is 1.24 bits per heavy atom. The molecule has 0 saturated carbocycles. The molecule has 6 heteroatoms. The van der Waals surface area contributed by atoms with E-state index in [1.165, 1.54) is 13.2 Å². The van der Waals surface area contributed by atoms with Crippen LogP contribution in [0.15, 0.2) is 36.5 Å². The summed E-state index contributed by atoms with van der Waals surface area (Å²) in [7, 11) is 1.49. The third-order valence-electron chi connectivity index (χ3n) is 3.13. The third kappa shape index (κ3) is 2.96. The number of rotatable bonds is 4. The highest BCUT2D eigenvalue weighted by Gasteiger charge is 2.18. The molecule has 1 aromatic heterocycles. The van der Waals surface area contributed by atoms with Gasteiger partial charge in [-0.3, -0.25) is 0 Å². The van der Waals surface area contributed by atoms with E-state index in [0.29, 0.717) is 24.8 Å². The number of anilines is 2. The first-order valence-electron chi connectivity index (χ1n) is 6.56. The molecule has 2 heterocycles. The highest BCUT2D eigenvalue weighted by Crippen LogP contribution is 2.30. The van der Waals surface area contributed by atoms with E-state index >= 15 is 0 Å². The monoisotopic (exact) mass is 290 g/mol. The van der Waals surface area contributed by atoms with Crippen LogP contribution in [0.4, 0.5) is 15.9 Å². The number of nitrogens with zero attached hydrogens (tertiary/aromatic N) is 1. The number of hydrogen-bond acceptors (Lipinski definition) is 5. The lowest BCUT2D eigenvalue weighted by Gasteiger charge is -2.13. The fourth-order valence-electron chi connectivity index (χ4n) is 2.09. The van der Waals surface area contributed by atoms with Gasteiger partial charge in [0.1, 0.15) is 17.3 Å². The van der Waals surface area contributed by atoms with E-state index in [1.54, 1.807) is 24.4 Å². The topological polar surface area (TPSA) is 52.6 Å². The summed E-state index contributed by atoms with van der Waals surface area (Å²) in [5, 5.41) is 2.92. The van der Waals surface area contributed by atoms with Crippen LogP contribution in [0.3, 0.4) is 0 Å². The molecule has 0 aliphatic carbocycles. The van der Waals surface area contributed by atoms with E-state index < -0.39 is 5.82 Å². The van der Waals surface area contributed by atoms with Crippen LogP contribution in [0.5, 0.6) is 5.75 Å². The Balaban J connectivity index is 1.79. The predicted molar refractivity (Wildman–Crippen MR) is 75.1 cm³/mol. The van der Waals surface area contributed by atoms with Crippen molar-refractivity contribution in [2.45, 2.75) is 6.29 Å². The van der Waals surface area contributed by atoms with Crippen molar-refractivity contribution in [1.29, 1.82) is 0 Å². The maximum absolute atomic E-state index is 13.8. The van der Waals surface area contributed by atoms with Gasteiger partial charge in [0, 0.05) is 11.8 Å². The number of benzene rings is 1. The van der Waals surface area contributed by atoms with Gasteiger partial charge < -0.3 is 19.5 Å². The van der Waals surface area contributed by atoms with Gasteiger partial charge in [0.15, 0.2) is 12.1 Å². The molecule has 0 amide bonds. The smallest absolute Gasteiger partial charge is 0.185 e. The van der Waals surface area contributed by atoms with Crippen LogP contribution < -0.4 is 10.1 Å². The van der Waals surface area contributed by atoms with E-state index in [9.17, 15) is 4.39 Å². The molecule has 5 nitrogen and oxygen atoms in total. The Hall–Kier alpha value is -2.18. The Kier molecular flexibility index (Phi) is 3.98. The molecular weight excluding hydrogens is 275 g/mol. The van der Waals surface area contributed by atoms with Gasteiger partial charge in [-0.15, -0.1) is 0 Å². The first-order chi connectivity index (χ1) is 10.3. The van der Waals surface area contributed by atoms with E-state index in [1.807, 2.05) is 6.07 Å². The molecule has 1 N–H and O–H groups in total. The van der Waals surface area contributed by atoms with Crippen LogP contribution >= 0.6 is 0 Å². The van der Waals surface area contributed by atoms with Crippen molar-refractivity contribution in [1.82, 2.24) is 4.98 Å². The molecule has 0 spiro atoms. The highest BCUT2D eigenvalue weighted by molar-refractivity contribution is 5.64. The molecule has 1 aromatic carbocycles. The first kappa shape index (κ1) is 13.8. The maximum Gasteiger partial charge on any atom is 0.185 e. The summed E-state index contributed by atoms with van der Waals surface area (Å²) in [5.41, 5.74) is 1.09. The zero-order valence-corrected chi connectivity index (χ0v) is 11.5. The second kappa shape index (κ2) is 6.07. The van der Waals surface area contributed by atoms with Crippen LogP contribution in [0.2, 0.25) is 0 Å². The number of hydrogen-bond donors (Lipinski definition) is 1. The number of halogens is 1. The maximum atomic E-state index is 13.8. The molecule has 0 radical (unpaired) electrons. The summed E-state index contributed by atoms with van der Waals surface area (Å²) in [4.78, 5) is 4.24. The van der Waals surface area contributed by atoms with Crippen LogP contribution in [-0.4, -0.2) is 25.3 Å². The molecule has 0 unspecified atom stereocenters. The molecule has 110 valence electrons. The normalized spacial score (nSPS) is 15.1. The molecule has 3 rings (SSSR count). The van der Waals surface area contributed by atoms with E-state index in [2.05, 4.69) is 10.3 Å². The number of ether oxygens (including phenoxy) is 3. The van der Waals surface area contributed by atoms with Gasteiger partial charge in [-0.1, -0.05) is 6.07 Å². The SMILES string of the molecule is COc1cccc(F)c1Nc1ccc(C2OCCO2)cn1. The molecular formula is C15H15FN2O3. The summed E-state index contributed by atoms with van der Waals surface area (Å²) in [6, 6.07) is 8.20. The predicted octanol–water partition coefficient (Wildman–Crippen LogP) is 3.02. The molecule has 2 aromatic rings. The lowest BCUT2D eigenvalue weighted by Crippen LogP contribution is -2.02. The van der Waals surface area contributed by atoms with E-state index in [0.717, 1.165) is 5.56 Å². The number of para-hydroxylation sites is 1. The Labute approximate surface area is 121 Å². The van der Waals surface area contributed by atoms with Crippen LogP contribution in [0.1, 0.15) is 11.9 Å². The van der Waals surface area contributed by atoms with Crippen molar-refractivity contribution in [3.8, 4) is 5.75 Å². The molecule has 21 heavy (non-hydrogen) atoms. The summed E-state index contributed by atoms with van der Waals surface area (Å²) < 4.78 is 29.8. The number of nitrogens with one attached hydrogen (secondary N) is 1. The number of pyridine rings is 1. The van der Waals surface area contributed by atoms with Gasteiger partial charge in [0.2, 0.25) is 0 Å². The Bertz CT molecular complexity index is 613. The zero-order chi connectivity index (χ0) is 14.7. The quantitative estimate of drug-likeness (QED) is 0.938. The molecule has 1 aliphatic rings. The van der Waals surface area contributed by atoms with E-state index in [-0.39, 0.29) is 12.0 Å². The standard InChI is InChI=1S/C15H15FN2O3/c1-19-12-4-2-3-11(16)14(12)18-13-6-5-10(9-17-13)15-20-7-8-21-15/h2-6,9,15H,7-8H2,1H3,(H,17,18). The minimum Gasteiger partial charge on any atom is -0.494 e. The second-order valence-corrected chi connectivity index (χ2v) is 4.49. The lowest BCUT2D eigenvalue weighted by molar-refractivity contribution is -0.0443. The fraction of sp³-hybridized carbons (Fsp3) is 0.267. The van der Waals surface area contributed by atoms with Crippen molar-refractivity contribution < 1.29 is 18.6 Å². The van der Waals surface area contributed by atoms with Crippen molar-refractivity contribution >= 4 is 11.5 Å². The Morgan fingerprint density at radius 2 is 2.05 bits per heavy atom. The van der Waals surface area contributed by atoms with Crippen molar-refractivity contribution in [2.24, 2.45) is 0 Å². The zero-order valence-electron chi connectivity index (χ0n) is 11.5. The lowest BCUT2D eigenvalue weighted by atomic mass is 10.2. The summed E-state index contributed by atoms with van der Waals surface area (Å²) in [6.45, 7) is 1.16. The first-order valence-corrected chi connectivity index (χ1v) is 6.56. The van der Waals surface area contributed by atoms with Gasteiger partial charge in [-0.05, 0) is 24.3 Å². The number of aromatic nitrogens is 1. The largest absolute Gasteiger partial charge is 0.494 e. The van der Waals surface area contributed by atoms with Gasteiger partial charge in [0.05, 0.1) is 20.3 Å². The summed E-state index contributed by atoms with van der Waals surface area (Å²) >= 11 is 0. The Morgan fingerprint density at radius 3 is 2.71 bits per heavy atom. The molecule has 0 bridgehead atoms. The summed E-state index contributed by atoms with van der Waals surface area (Å²) in [5.74, 6) is 0.533. The number of methoxy groups -OCH3 is 1. The average Bonchev–Trinajstić information content (AvgIpc) is 3.04. The third-order valence-corrected chi connectivity index (χ3v) is 3.13. The van der Waals surface area contributed by atoms with Gasteiger partial charge >= 0.3 is 0 Å². The summed E-state index contributed by atoms with van der Waals surface area (Å²) in [6.07, 6.45) is 1.28. The van der Waals surface area contributed by atoms with E-state index in [4.69, 9.17) is 14.2 Å².